The molecule has 0 amide bonds. The Morgan fingerprint density at radius 3 is 2.09 bits per heavy atom. The molecule has 35 heavy (non-hydrogen) atoms. The highest BCUT2D eigenvalue weighted by molar-refractivity contribution is 6.03. The number of hydrogen-bond acceptors (Lipinski definition) is 1. The van der Waals surface area contributed by atoms with Crippen molar-refractivity contribution in [2.24, 2.45) is 0 Å². The van der Waals surface area contributed by atoms with E-state index >= 15 is 0 Å². The van der Waals surface area contributed by atoms with Crippen molar-refractivity contribution in [1.82, 2.24) is 0 Å². The van der Waals surface area contributed by atoms with Crippen LogP contribution in [0.1, 0.15) is 63.8 Å². The third kappa shape index (κ3) is 4.35. The lowest BCUT2D eigenvalue weighted by molar-refractivity contribution is -0.433. The maximum absolute atomic E-state index is 2.44. The number of anilines is 1. The zero-order valence-corrected chi connectivity index (χ0v) is 22.8. The second kappa shape index (κ2) is 9.49. The smallest absolute Gasteiger partial charge is 0.209 e. The van der Waals surface area contributed by atoms with E-state index in [-0.39, 0.29) is 10.8 Å². The van der Waals surface area contributed by atoms with Gasteiger partial charge in [-0.15, -0.1) is 0 Å². The molecule has 2 aromatic rings. The van der Waals surface area contributed by atoms with Crippen LogP contribution in [0.4, 0.5) is 11.4 Å². The lowest BCUT2D eigenvalue weighted by Crippen LogP contribution is -2.27. The largest absolute Gasteiger partial charge is 0.344 e. The van der Waals surface area contributed by atoms with Crippen LogP contribution in [0.15, 0.2) is 84.6 Å². The van der Waals surface area contributed by atoms with Crippen LogP contribution in [0.25, 0.3) is 0 Å². The number of fused-ring (bicyclic) bond motifs is 2. The van der Waals surface area contributed by atoms with Gasteiger partial charge in [0.25, 0.3) is 0 Å². The topological polar surface area (TPSA) is 6.25 Å². The van der Waals surface area contributed by atoms with Crippen molar-refractivity contribution in [2.75, 3.05) is 18.0 Å². The molecule has 0 aliphatic carbocycles. The fourth-order valence-electron chi connectivity index (χ4n) is 5.75. The van der Waals surface area contributed by atoms with Gasteiger partial charge in [0.1, 0.15) is 6.54 Å². The summed E-state index contributed by atoms with van der Waals surface area (Å²) in [6, 6.07) is 13.7. The van der Waals surface area contributed by atoms with E-state index in [2.05, 4.69) is 144 Å². The van der Waals surface area contributed by atoms with Crippen LogP contribution in [0.3, 0.4) is 0 Å². The van der Waals surface area contributed by atoms with E-state index in [1.54, 1.807) is 0 Å². The fraction of sp³-hybridized carbons (Fsp3) is 0.364. The first-order chi connectivity index (χ1) is 16.6. The van der Waals surface area contributed by atoms with E-state index in [4.69, 9.17) is 0 Å². The van der Waals surface area contributed by atoms with Gasteiger partial charge in [0.05, 0.1) is 5.41 Å². The van der Waals surface area contributed by atoms with Gasteiger partial charge in [-0.05, 0) is 65.3 Å². The molecule has 0 fully saturated rings. The number of nitrogens with zero attached hydrogens (tertiary/aromatic N) is 2. The van der Waals surface area contributed by atoms with Crippen molar-refractivity contribution in [3.63, 3.8) is 0 Å². The number of allylic oxidation sites excluding steroid dienone is 8. The first kappa shape index (κ1) is 25.0. The highest BCUT2D eigenvalue weighted by Crippen LogP contribution is 2.47. The van der Waals surface area contributed by atoms with Gasteiger partial charge in [0.2, 0.25) is 5.69 Å². The van der Waals surface area contributed by atoms with Crippen molar-refractivity contribution in [3.8, 4) is 0 Å². The van der Waals surface area contributed by atoms with Crippen LogP contribution >= 0.6 is 0 Å². The summed E-state index contributed by atoms with van der Waals surface area (Å²) in [7, 11) is 0. The number of hydrogen-bond donors (Lipinski definition) is 0. The van der Waals surface area contributed by atoms with Gasteiger partial charge in [-0.3, -0.25) is 0 Å². The second-order valence-corrected chi connectivity index (χ2v) is 10.8. The summed E-state index contributed by atoms with van der Waals surface area (Å²) < 4.78 is 2.44. The van der Waals surface area contributed by atoms with Crippen LogP contribution < -0.4 is 4.90 Å². The minimum Gasteiger partial charge on any atom is -0.344 e. The van der Waals surface area contributed by atoms with Crippen molar-refractivity contribution in [3.05, 3.63) is 107 Å². The molecule has 2 aliphatic heterocycles. The van der Waals surface area contributed by atoms with Crippen LogP contribution in [-0.4, -0.2) is 23.4 Å². The molecule has 0 bridgehead atoms. The molecular formula is C33H41N2+. The van der Waals surface area contributed by atoms with E-state index in [1.807, 2.05) is 0 Å². The average Bonchev–Trinajstić information content (AvgIpc) is 3.16. The SMILES string of the molecule is CCN1C(=CC=CC=CC=CC2=[N+](CC)c3ccc(C)cc3C2(C)C)C(C)(C)c2cc(C)ccc21. The number of rotatable bonds is 6. The Morgan fingerprint density at radius 2 is 1.40 bits per heavy atom. The first-order valence-corrected chi connectivity index (χ1v) is 13.0. The standard InChI is InChI=1S/C33H41N2/c1-9-34-28-20-18-24(3)22-26(28)32(5,6)30(34)16-14-12-11-13-15-17-31-33(7,8)27-23-25(4)19-21-29(27)35(31)10-2/h11-23H,9-10H2,1-8H3/q+1. The second-order valence-electron chi connectivity index (χ2n) is 10.8. The molecule has 182 valence electrons. The molecular weight excluding hydrogens is 424 g/mol. The quantitative estimate of drug-likeness (QED) is 0.309. The minimum atomic E-state index is 0.00693. The van der Waals surface area contributed by atoms with Gasteiger partial charge < -0.3 is 4.90 Å². The maximum Gasteiger partial charge on any atom is 0.209 e. The van der Waals surface area contributed by atoms with E-state index in [1.165, 1.54) is 45.0 Å². The summed E-state index contributed by atoms with van der Waals surface area (Å²) in [5.74, 6) is 0. The fourth-order valence-corrected chi connectivity index (χ4v) is 5.75. The van der Waals surface area contributed by atoms with Gasteiger partial charge in [-0.25, -0.2) is 0 Å². The minimum absolute atomic E-state index is 0.00693. The molecule has 0 unspecified atom stereocenters. The summed E-state index contributed by atoms with van der Waals surface area (Å²) in [5, 5.41) is 0. The van der Waals surface area contributed by atoms with Gasteiger partial charge in [0.15, 0.2) is 5.71 Å². The molecule has 2 aromatic carbocycles. The third-order valence-electron chi connectivity index (χ3n) is 7.68. The highest BCUT2D eigenvalue weighted by atomic mass is 15.2. The Labute approximate surface area is 212 Å². The summed E-state index contributed by atoms with van der Waals surface area (Å²) in [6.45, 7) is 20.1. The van der Waals surface area contributed by atoms with Gasteiger partial charge in [-0.2, -0.15) is 4.58 Å². The monoisotopic (exact) mass is 465 g/mol. The predicted molar refractivity (Wildman–Crippen MR) is 152 cm³/mol. The molecule has 0 spiro atoms. The van der Waals surface area contributed by atoms with Crippen molar-refractivity contribution in [2.45, 2.75) is 66.2 Å². The number of benzene rings is 2. The average molecular weight is 466 g/mol. The number of likely N-dealkylation sites (N-methyl/N-ethyl adjacent to an activating group) is 1. The van der Waals surface area contributed by atoms with Crippen molar-refractivity contribution >= 4 is 17.1 Å². The molecule has 0 atom stereocenters. The molecule has 2 nitrogen and oxygen atoms in total. The Kier molecular flexibility index (Phi) is 6.77. The summed E-state index contributed by atoms with van der Waals surface area (Å²) in [4.78, 5) is 2.44. The summed E-state index contributed by atoms with van der Waals surface area (Å²) in [5.41, 5.74) is 10.9. The molecule has 0 saturated carbocycles. The van der Waals surface area contributed by atoms with Crippen molar-refractivity contribution < 1.29 is 4.58 Å². The normalized spacial score (nSPS) is 19.7. The zero-order chi connectivity index (χ0) is 25.4. The van der Waals surface area contributed by atoms with Crippen molar-refractivity contribution in [1.29, 1.82) is 0 Å². The van der Waals surface area contributed by atoms with E-state index < -0.39 is 0 Å². The molecule has 0 saturated heterocycles. The maximum atomic E-state index is 2.44. The van der Waals surface area contributed by atoms with E-state index in [0.717, 1.165) is 13.1 Å². The van der Waals surface area contributed by atoms with Gasteiger partial charge in [0, 0.05) is 41.1 Å². The first-order valence-electron chi connectivity index (χ1n) is 13.0. The molecule has 2 aliphatic rings. The van der Waals surface area contributed by atoms with Gasteiger partial charge in [-0.1, -0.05) is 73.6 Å². The number of aryl methyl sites for hydroxylation is 2. The molecule has 2 heteroatoms. The van der Waals surface area contributed by atoms with Crippen LogP contribution in [0.5, 0.6) is 0 Å². The molecule has 2 heterocycles. The lowest BCUT2D eigenvalue weighted by atomic mass is 9.81. The van der Waals surface area contributed by atoms with Gasteiger partial charge >= 0.3 is 0 Å². The van der Waals surface area contributed by atoms with E-state index in [0.29, 0.717) is 0 Å². The highest BCUT2D eigenvalue weighted by Gasteiger charge is 2.43. The van der Waals surface area contributed by atoms with Crippen LogP contribution in [-0.2, 0) is 10.8 Å². The zero-order valence-electron chi connectivity index (χ0n) is 22.8. The molecule has 4 rings (SSSR count). The van der Waals surface area contributed by atoms with Crippen LogP contribution in [0, 0.1) is 13.8 Å². The van der Waals surface area contributed by atoms with Crippen LogP contribution in [0.2, 0.25) is 0 Å². The Bertz CT molecular complexity index is 1280. The summed E-state index contributed by atoms with van der Waals surface area (Å²) >= 11 is 0. The third-order valence-corrected chi connectivity index (χ3v) is 7.68. The summed E-state index contributed by atoms with van der Waals surface area (Å²) in [6.07, 6.45) is 15.3. The Balaban J connectivity index is 1.51. The Hall–Kier alpha value is -3.13. The molecule has 0 radical (unpaired) electrons. The Morgan fingerprint density at radius 1 is 0.771 bits per heavy atom. The molecule has 0 N–H and O–H groups in total. The van der Waals surface area contributed by atoms with E-state index in [9.17, 15) is 0 Å². The predicted octanol–water partition coefficient (Wildman–Crippen LogP) is 8.07. The lowest BCUT2D eigenvalue weighted by Gasteiger charge is -2.25. The molecule has 0 aromatic heterocycles.